The van der Waals surface area contributed by atoms with E-state index in [2.05, 4.69) is 40.0 Å². The lowest BCUT2D eigenvalue weighted by atomic mass is 10.1. The first kappa shape index (κ1) is 38.7. The van der Waals surface area contributed by atoms with Crippen LogP contribution in [0.3, 0.4) is 0 Å². The molecule has 2 aromatic heterocycles. The Kier molecular flexibility index (Phi) is 11.4. The maximum Gasteiger partial charge on any atom is 0.397 e. The number of sulfone groups is 1. The summed E-state index contributed by atoms with van der Waals surface area (Å²) in [5, 5.41) is 23.6. The number of rotatable bonds is 14. The second kappa shape index (κ2) is 15.0. The minimum Gasteiger partial charge on any atom is -0.493 e. The third-order valence-corrected chi connectivity index (χ3v) is 9.86. The Morgan fingerprint density at radius 2 is 1.55 bits per heavy atom. The van der Waals surface area contributed by atoms with Crippen molar-refractivity contribution >= 4 is 82.5 Å². The number of hydrogen-bond acceptors (Lipinski definition) is 17. The van der Waals surface area contributed by atoms with E-state index in [-0.39, 0.29) is 51.2 Å². The van der Waals surface area contributed by atoms with Gasteiger partial charge in [0.2, 0.25) is 23.1 Å². The zero-order valence-corrected chi connectivity index (χ0v) is 29.2. The van der Waals surface area contributed by atoms with Crippen LogP contribution in [0.1, 0.15) is 22.8 Å². The van der Waals surface area contributed by atoms with Crippen LogP contribution in [0.2, 0.25) is 5.28 Å². The molecule has 51 heavy (non-hydrogen) atoms. The molecule has 7 N–H and O–H groups in total. The fraction of sp³-hybridized carbons (Fsp3) is 0.192. The summed E-state index contributed by atoms with van der Waals surface area (Å²) in [5.41, 5.74) is 3.38. The third-order valence-electron chi connectivity index (χ3n) is 6.63. The van der Waals surface area contributed by atoms with Crippen molar-refractivity contribution < 1.29 is 48.4 Å². The molecule has 4 aromatic rings. The highest BCUT2D eigenvalue weighted by Crippen LogP contribution is 2.35. The number of azo groups is 1. The Morgan fingerprint density at radius 1 is 0.961 bits per heavy atom. The Hall–Kier alpha value is -5.11. The summed E-state index contributed by atoms with van der Waals surface area (Å²) >= 11 is 6.06. The Labute approximate surface area is 293 Å². The van der Waals surface area contributed by atoms with Gasteiger partial charge in [0, 0.05) is 23.5 Å². The second-order valence-electron chi connectivity index (χ2n) is 10.0. The average Bonchev–Trinajstić information content (AvgIpc) is 3.00. The van der Waals surface area contributed by atoms with E-state index in [1.54, 1.807) is 0 Å². The molecule has 2 aromatic carbocycles. The zero-order chi connectivity index (χ0) is 37.9. The molecule has 2 heterocycles. The number of hydrogen-bond donors (Lipinski definition) is 6. The van der Waals surface area contributed by atoms with Crippen LogP contribution in [-0.2, 0) is 41.1 Å². The first-order valence-electron chi connectivity index (χ1n) is 13.9. The number of pyridine rings is 1. The number of nitrogens with one attached hydrogen (secondary N) is 2. The molecule has 0 spiro atoms. The normalized spacial score (nSPS) is 12.3. The molecule has 0 aliphatic heterocycles. The molecule has 0 saturated heterocycles. The van der Waals surface area contributed by atoms with Gasteiger partial charge in [-0.2, -0.15) is 31.8 Å². The number of primary amides is 1. The summed E-state index contributed by atoms with van der Waals surface area (Å²) < 4.78 is 93.7. The summed E-state index contributed by atoms with van der Waals surface area (Å²) in [6.45, 7) is 1.89. The Morgan fingerprint density at radius 3 is 2.10 bits per heavy atom. The number of halogens is 1. The molecule has 4 rings (SSSR count). The van der Waals surface area contributed by atoms with Crippen molar-refractivity contribution in [3.8, 4) is 5.88 Å². The van der Waals surface area contributed by atoms with E-state index in [1.165, 1.54) is 44.2 Å². The van der Waals surface area contributed by atoms with Gasteiger partial charge in [0.1, 0.15) is 21.8 Å². The van der Waals surface area contributed by atoms with Crippen LogP contribution in [0, 0.1) is 6.92 Å². The molecule has 0 radical (unpaired) electrons. The van der Waals surface area contributed by atoms with Gasteiger partial charge in [-0.05, 0) is 67.9 Å². The topological polar surface area (TPSA) is 325 Å². The molecule has 1 amide bonds. The number of aromatic hydroxyl groups is 1. The highest BCUT2D eigenvalue weighted by Gasteiger charge is 2.23. The number of aromatic nitrogens is 4. The van der Waals surface area contributed by atoms with Crippen molar-refractivity contribution in [1.29, 1.82) is 0 Å². The molecule has 21 nitrogen and oxygen atoms in total. The van der Waals surface area contributed by atoms with Gasteiger partial charge in [-0.25, -0.2) is 12.6 Å². The van der Waals surface area contributed by atoms with Crippen molar-refractivity contribution in [3.05, 3.63) is 69.2 Å². The molecule has 0 bridgehead atoms. The largest absolute Gasteiger partial charge is 0.493 e. The first-order valence-corrected chi connectivity index (χ1v) is 18.7. The van der Waals surface area contributed by atoms with Crippen LogP contribution in [0.5, 0.6) is 5.88 Å². The van der Waals surface area contributed by atoms with Crippen LogP contribution >= 0.6 is 11.6 Å². The number of nitrogens with zero attached hydrogens (tertiary/aromatic N) is 6. The van der Waals surface area contributed by atoms with E-state index >= 15 is 0 Å². The molecule has 272 valence electrons. The van der Waals surface area contributed by atoms with Gasteiger partial charge in [-0.3, -0.25) is 23.3 Å². The van der Waals surface area contributed by atoms with Crippen molar-refractivity contribution in [2.24, 2.45) is 16.0 Å². The molecule has 0 atom stereocenters. The molecule has 25 heteroatoms. The first-order chi connectivity index (χ1) is 23.7. The van der Waals surface area contributed by atoms with E-state index in [0.717, 1.165) is 16.7 Å². The standard InChI is InChI=1S/C26H26ClN9O12S3/c1-3-36-22(38)19(21(28)37)13(2)20(23(36)39)35-34-17-12-15(6-9-18(17)50(42,43)44)30-26-32-24(27)31-25(33-26)29-14-4-7-16(8-5-14)49(40,41)11-10-48-51(45,46)47/h4-9,12,39H,3,10-11H2,1-2H3,(H2,28,37)(H,42,43,44)(H,45,46,47)(H2,29,30,31,32,33)/b35-34+. The van der Waals surface area contributed by atoms with Crippen LogP contribution in [0.4, 0.5) is 34.6 Å². The lowest BCUT2D eigenvalue weighted by Gasteiger charge is -2.13. The minimum atomic E-state index is -4.88. The van der Waals surface area contributed by atoms with Gasteiger partial charge >= 0.3 is 10.4 Å². The summed E-state index contributed by atoms with van der Waals surface area (Å²) in [4.78, 5) is 35.7. The van der Waals surface area contributed by atoms with E-state index < -0.39 is 76.2 Å². The maximum atomic E-state index is 12.6. The molecule has 0 saturated carbocycles. The fourth-order valence-corrected chi connectivity index (χ4v) is 6.59. The summed E-state index contributed by atoms with van der Waals surface area (Å²) in [5.74, 6) is -2.84. The average molecular weight is 788 g/mol. The van der Waals surface area contributed by atoms with Gasteiger partial charge in [0.25, 0.3) is 21.6 Å². The van der Waals surface area contributed by atoms with Gasteiger partial charge < -0.3 is 21.5 Å². The molecule has 0 unspecified atom stereocenters. The van der Waals surface area contributed by atoms with E-state index in [0.29, 0.717) is 0 Å². The van der Waals surface area contributed by atoms with Crippen LogP contribution in [-0.4, -0.2) is 77.3 Å². The highest BCUT2D eigenvalue weighted by atomic mass is 35.5. The van der Waals surface area contributed by atoms with Crippen molar-refractivity contribution in [1.82, 2.24) is 19.5 Å². The van der Waals surface area contributed by atoms with E-state index in [1.807, 2.05) is 0 Å². The highest BCUT2D eigenvalue weighted by molar-refractivity contribution is 7.91. The predicted molar refractivity (Wildman–Crippen MR) is 179 cm³/mol. The van der Waals surface area contributed by atoms with Crippen molar-refractivity contribution in [2.75, 3.05) is 23.0 Å². The van der Waals surface area contributed by atoms with Crippen molar-refractivity contribution in [3.63, 3.8) is 0 Å². The number of nitrogens with two attached hydrogens (primary N) is 1. The van der Waals surface area contributed by atoms with E-state index in [9.17, 15) is 44.5 Å². The lowest BCUT2D eigenvalue weighted by molar-refractivity contribution is 0.0997. The third kappa shape index (κ3) is 9.57. The van der Waals surface area contributed by atoms with Gasteiger partial charge in [-0.1, -0.05) is 0 Å². The quantitative estimate of drug-likeness (QED) is 0.0790. The number of carbonyl (C=O) groups excluding carboxylic acids is 1. The summed E-state index contributed by atoms with van der Waals surface area (Å²) in [6.07, 6.45) is 0. The smallest absolute Gasteiger partial charge is 0.397 e. The summed E-state index contributed by atoms with van der Waals surface area (Å²) in [6, 6.07) is 8.36. The Bertz CT molecular complexity index is 2440. The van der Waals surface area contributed by atoms with Crippen LogP contribution < -0.4 is 21.9 Å². The molecular weight excluding hydrogens is 762 g/mol. The van der Waals surface area contributed by atoms with Gasteiger partial charge in [0.15, 0.2) is 9.84 Å². The van der Waals surface area contributed by atoms with Crippen LogP contribution in [0.15, 0.2) is 67.3 Å². The maximum absolute atomic E-state index is 12.6. The lowest BCUT2D eigenvalue weighted by Crippen LogP contribution is -2.30. The molecule has 0 aliphatic carbocycles. The zero-order valence-electron chi connectivity index (χ0n) is 26.0. The second-order valence-corrected chi connectivity index (χ2v) is 15.0. The van der Waals surface area contributed by atoms with E-state index in [4.69, 9.17) is 21.9 Å². The van der Waals surface area contributed by atoms with Gasteiger partial charge in [-0.15, -0.1) is 10.2 Å². The SMILES string of the molecule is CCn1c(O)c(/N=N/c2cc(Nc3nc(Cl)nc(Nc4ccc(S(=O)(=O)CCOS(=O)(=O)O)cc4)n3)ccc2S(=O)(=O)O)c(C)c(C(N)=O)c1=O. The number of benzene rings is 2. The molecule has 0 fully saturated rings. The number of amides is 1. The minimum absolute atomic E-state index is 0.0781. The predicted octanol–water partition coefficient (Wildman–Crippen LogP) is 2.56. The Balaban J connectivity index is 1.62. The van der Waals surface area contributed by atoms with Crippen LogP contribution in [0.25, 0.3) is 0 Å². The number of anilines is 4. The fourth-order valence-electron chi connectivity index (χ4n) is 4.34. The number of carbonyl (C=O) groups is 1. The van der Waals surface area contributed by atoms with Crippen molar-refractivity contribution in [2.45, 2.75) is 30.2 Å². The molecular formula is C26H26ClN9O12S3. The monoisotopic (exact) mass is 787 g/mol. The van der Waals surface area contributed by atoms with Gasteiger partial charge in [0.05, 0.1) is 17.3 Å². The molecule has 0 aliphatic rings. The summed E-state index contributed by atoms with van der Waals surface area (Å²) in [7, 11) is -13.7.